The highest BCUT2D eigenvalue weighted by molar-refractivity contribution is 5.75. The van der Waals surface area contributed by atoms with Gasteiger partial charge in [0.25, 0.3) is 0 Å². The van der Waals surface area contributed by atoms with Crippen molar-refractivity contribution in [2.24, 2.45) is 5.73 Å². The summed E-state index contributed by atoms with van der Waals surface area (Å²) in [6.45, 7) is 3.29. The first-order valence-electron chi connectivity index (χ1n) is 5.68. The minimum atomic E-state index is 0.0906. The monoisotopic (exact) mass is 224 g/mol. The Hall–Kier alpha value is -1.36. The molecule has 0 radical (unpaired) electrons. The van der Waals surface area contributed by atoms with E-state index >= 15 is 0 Å². The van der Waals surface area contributed by atoms with Crippen LogP contribution >= 0.6 is 0 Å². The fourth-order valence-corrected chi connectivity index (χ4v) is 1.42. The van der Waals surface area contributed by atoms with Crippen LogP contribution in [0.15, 0.2) is 18.5 Å². The molecule has 5 nitrogen and oxygen atoms in total. The Bertz CT molecular complexity index is 295. The first kappa shape index (κ1) is 12.7. The molecule has 3 N–H and O–H groups in total. The Labute approximate surface area is 96.0 Å². The number of rotatable bonds is 7. The van der Waals surface area contributed by atoms with Crippen molar-refractivity contribution in [3.05, 3.63) is 18.5 Å². The fourth-order valence-electron chi connectivity index (χ4n) is 1.42. The zero-order valence-corrected chi connectivity index (χ0v) is 9.72. The summed E-state index contributed by atoms with van der Waals surface area (Å²) >= 11 is 0. The minimum Gasteiger partial charge on any atom is -0.354 e. The summed E-state index contributed by atoms with van der Waals surface area (Å²) in [6, 6.07) is 2.04. The van der Waals surface area contributed by atoms with E-state index in [0.29, 0.717) is 19.5 Å². The summed E-state index contributed by atoms with van der Waals surface area (Å²) in [5.41, 5.74) is 5.60. The predicted octanol–water partition coefficient (Wildman–Crippen LogP) is 0.517. The van der Waals surface area contributed by atoms with Crippen LogP contribution in [-0.2, 0) is 11.3 Å². The third-order valence-corrected chi connectivity index (χ3v) is 2.29. The van der Waals surface area contributed by atoms with Gasteiger partial charge < -0.3 is 11.1 Å². The SMILES string of the molecule is CC(N)CCCC(=O)NCCn1cccn1. The molecule has 0 aliphatic carbocycles. The zero-order chi connectivity index (χ0) is 11.8. The van der Waals surface area contributed by atoms with Gasteiger partial charge in [-0.15, -0.1) is 0 Å². The number of aromatic nitrogens is 2. The van der Waals surface area contributed by atoms with Crippen LogP contribution in [0, 0.1) is 0 Å². The van der Waals surface area contributed by atoms with E-state index in [-0.39, 0.29) is 11.9 Å². The topological polar surface area (TPSA) is 72.9 Å². The number of nitrogens with two attached hydrogens (primary N) is 1. The largest absolute Gasteiger partial charge is 0.354 e. The maximum Gasteiger partial charge on any atom is 0.220 e. The van der Waals surface area contributed by atoms with Crippen molar-refractivity contribution in [2.45, 2.75) is 38.8 Å². The molecule has 0 fully saturated rings. The second-order valence-electron chi connectivity index (χ2n) is 3.99. The van der Waals surface area contributed by atoms with E-state index in [1.54, 1.807) is 10.9 Å². The highest BCUT2D eigenvalue weighted by Gasteiger charge is 2.01. The molecule has 1 rings (SSSR count). The molecule has 90 valence electrons. The van der Waals surface area contributed by atoms with Crippen LogP contribution in [0.1, 0.15) is 26.2 Å². The van der Waals surface area contributed by atoms with E-state index in [4.69, 9.17) is 5.73 Å². The smallest absolute Gasteiger partial charge is 0.220 e. The fraction of sp³-hybridized carbons (Fsp3) is 0.636. The molecule has 1 unspecified atom stereocenters. The first-order chi connectivity index (χ1) is 7.68. The highest BCUT2D eigenvalue weighted by Crippen LogP contribution is 1.97. The number of amides is 1. The lowest BCUT2D eigenvalue weighted by atomic mass is 10.1. The molecule has 1 amide bonds. The molecule has 0 aliphatic rings. The van der Waals surface area contributed by atoms with Gasteiger partial charge in [0, 0.05) is 31.4 Å². The molecule has 0 spiro atoms. The zero-order valence-electron chi connectivity index (χ0n) is 9.72. The molecule has 1 aromatic rings. The Kier molecular flexibility index (Phi) is 5.56. The van der Waals surface area contributed by atoms with Crippen LogP contribution in [0.2, 0.25) is 0 Å². The van der Waals surface area contributed by atoms with Crippen LogP contribution in [0.3, 0.4) is 0 Å². The second kappa shape index (κ2) is 7.00. The second-order valence-corrected chi connectivity index (χ2v) is 3.99. The van der Waals surface area contributed by atoms with Gasteiger partial charge in [0.05, 0.1) is 6.54 Å². The summed E-state index contributed by atoms with van der Waals surface area (Å²) in [6.07, 6.45) is 5.91. The van der Waals surface area contributed by atoms with Crippen LogP contribution in [0.4, 0.5) is 0 Å². The molecule has 5 heteroatoms. The summed E-state index contributed by atoms with van der Waals surface area (Å²) < 4.78 is 1.79. The molecule has 0 aromatic carbocycles. The third kappa shape index (κ3) is 5.50. The quantitative estimate of drug-likeness (QED) is 0.709. The first-order valence-corrected chi connectivity index (χ1v) is 5.68. The van der Waals surface area contributed by atoms with E-state index in [1.807, 2.05) is 19.2 Å². The summed E-state index contributed by atoms with van der Waals surface area (Å²) in [4.78, 5) is 11.4. The highest BCUT2D eigenvalue weighted by atomic mass is 16.1. The Morgan fingerprint density at radius 1 is 1.62 bits per heavy atom. The van der Waals surface area contributed by atoms with Gasteiger partial charge in [-0.3, -0.25) is 9.48 Å². The Morgan fingerprint density at radius 3 is 3.06 bits per heavy atom. The minimum absolute atomic E-state index is 0.0906. The average Bonchev–Trinajstić information content (AvgIpc) is 2.70. The molecular formula is C11H20N4O. The Balaban J connectivity index is 2.02. The number of carbonyl (C=O) groups excluding carboxylic acids is 1. The van der Waals surface area contributed by atoms with E-state index in [0.717, 1.165) is 12.8 Å². The van der Waals surface area contributed by atoms with E-state index in [1.165, 1.54) is 0 Å². The number of nitrogens with zero attached hydrogens (tertiary/aromatic N) is 2. The van der Waals surface area contributed by atoms with Crippen molar-refractivity contribution in [1.29, 1.82) is 0 Å². The normalized spacial score (nSPS) is 12.4. The van der Waals surface area contributed by atoms with Crippen molar-refractivity contribution in [3.8, 4) is 0 Å². The van der Waals surface area contributed by atoms with Gasteiger partial charge in [-0.2, -0.15) is 5.10 Å². The molecule has 1 aromatic heterocycles. The van der Waals surface area contributed by atoms with Crippen molar-refractivity contribution in [1.82, 2.24) is 15.1 Å². The molecule has 0 aliphatic heterocycles. The van der Waals surface area contributed by atoms with Gasteiger partial charge >= 0.3 is 0 Å². The maximum absolute atomic E-state index is 11.4. The molecular weight excluding hydrogens is 204 g/mol. The van der Waals surface area contributed by atoms with Crippen LogP contribution in [-0.4, -0.2) is 28.3 Å². The van der Waals surface area contributed by atoms with Crippen molar-refractivity contribution < 1.29 is 4.79 Å². The van der Waals surface area contributed by atoms with Gasteiger partial charge in [-0.05, 0) is 25.8 Å². The van der Waals surface area contributed by atoms with Gasteiger partial charge in [0.2, 0.25) is 5.91 Å². The average molecular weight is 224 g/mol. The lowest BCUT2D eigenvalue weighted by Gasteiger charge is -2.06. The van der Waals surface area contributed by atoms with Gasteiger partial charge in [0.1, 0.15) is 0 Å². The summed E-state index contributed by atoms with van der Waals surface area (Å²) in [5.74, 6) is 0.0906. The van der Waals surface area contributed by atoms with Crippen molar-refractivity contribution in [2.75, 3.05) is 6.54 Å². The third-order valence-electron chi connectivity index (χ3n) is 2.29. The molecule has 0 saturated heterocycles. The predicted molar refractivity (Wildman–Crippen MR) is 62.7 cm³/mol. The lowest BCUT2D eigenvalue weighted by Crippen LogP contribution is -2.27. The van der Waals surface area contributed by atoms with E-state index in [2.05, 4.69) is 10.4 Å². The van der Waals surface area contributed by atoms with E-state index in [9.17, 15) is 4.79 Å². The Morgan fingerprint density at radius 2 is 2.44 bits per heavy atom. The van der Waals surface area contributed by atoms with Gasteiger partial charge in [-0.25, -0.2) is 0 Å². The van der Waals surface area contributed by atoms with Crippen LogP contribution in [0.25, 0.3) is 0 Å². The number of carbonyl (C=O) groups is 1. The van der Waals surface area contributed by atoms with E-state index < -0.39 is 0 Å². The van der Waals surface area contributed by atoms with Crippen molar-refractivity contribution >= 4 is 5.91 Å². The number of nitrogens with one attached hydrogen (secondary N) is 1. The lowest BCUT2D eigenvalue weighted by molar-refractivity contribution is -0.121. The van der Waals surface area contributed by atoms with Gasteiger partial charge in [-0.1, -0.05) is 0 Å². The maximum atomic E-state index is 11.4. The van der Waals surface area contributed by atoms with Crippen molar-refractivity contribution in [3.63, 3.8) is 0 Å². The molecule has 1 heterocycles. The summed E-state index contributed by atoms with van der Waals surface area (Å²) in [7, 11) is 0. The van der Waals surface area contributed by atoms with Crippen LogP contribution in [0.5, 0.6) is 0 Å². The number of hydrogen-bond donors (Lipinski definition) is 2. The molecule has 16 heavy (non-hydrogen) atoms. The molecule has 1 atom stereocenters. The number of hydrogen-bond acceptors (Lipinski definition) is 3. The standard InChI is InChI=1S/C11H20N4O/c1-10(12)4-2-5-11(16)13-7-9-15-8-3-6-14-15/h3,6,8,10H,2,4-5,7,9,12H2,1H3,(H,13,16). The van der Waals surface area contributed by atoms with Gasteiger partial charge in [0.15, 0.2) is 0 Å². The molecule has 0 bridgehead atoms. The van der Waals surface area contributed by atoms with Crippen LogP contribution < -0.4 is 11.1 Å². The summed E-state index contributed by atoms with van der Waals surface area (Å²) in [5, 5.41) is 6.90. The molecule has 0 saturated carbocycles.